The van der Waals surface area contributed by atoms with Crippen LogP contribution in [0.1, 0.15) is 31.2 Å². The second kappa shape index (κ2) is 5.86. The van der Waals surface area contributed by atoms with Crippen LogP contribution in [0.15, 0.2) is 28.7 Å². The lowest BCUT2D eigenvalue weighted by Crippen LogP contribution is -2.54. The van der Waals surface area contributed by atoms with E-state index in [1.165, 1.54) is 5.56 Å². The molecule has 3 rings (SSSR count). The first-order valence-corrected chi connectivity index (χ1v) is 8.23. The summed E-state index contributed by atoms with van der Waals surface area (Å²) in [5, 5.41) is 3.41. The van der Waals surface area contributed by atoms with E-state index < -0.39 is 0 Å². The molecule has 0 saturated carbocycles. The Kier molecular flexibility index (Phi) is 4.13. The van der Waals surface area contributed by atoms with Gasteiger partial charge in [0, 0.05) is 24.1 Å². The summed E-state index contributed by atoms with van der Waals surface area (Å²) in [6.45, 7) is 3.55. The van der Waals surface area contributed by atoms with Crippen LogP contribution in [0.25, 0.3) is 0 Å². The number of nitrogens with one attached hydrogen (secondary N) is 1. The zero-order valence-electron chi connectivity index (χ0n) is 11.7. The molecule has 2 saturated heterocycles. The van der Waals surface area contributed by atoms with Gasteiger partial charge < -0.3 is 10.2 Å². The molecule has 108 valence electrons. The van der Waals surface area contributed by atoms with Gasteiger partial charge in [-0.15, -0.1) is 0 Å². The van der Waals surface area contributed by atoms with Crippen LogP contribution in [0.4, 0.5) is 0 Å². The van der Waals surface area contributed by atoms with Crippen molar-refractivity contribution in [3.63, 3.8) is 0 Å². The molecule has 1 atom stereocenters. The molecule has 20 heavy (non-hydrogen) atoms. The van der Waals surface area contributed by atoms with Gasteiger partial charge in [-0.25, -0.2) is 0 Å². The first-order valence-electron chi connectivity index (χ1n) is 7.44. The predicted molar refractivity (Wildman–Crippen MR) is 83.3 cm³/mol. The number of carbonyl (C=O) groups is 1. The highest BCUT2D eigenvalue weighted by Gasteiger charge is 2.44. The fraction of sp³-hybridized carbons (Fsp3) is 0.562. The minimum absolute atomic E-state index is 0.123. The van der Waals surface area contributed by atoms with Crippen molar-refractivity contribution in [3.8, 4) is 0 Å². The van der Waals surface area contributed by atoms with Crippen LogP contribution < -0.4 is 5.32 Å². The van der Waals surface area contributed by atoms with Crippen LogP contribution in [0.5, 0.6) is 0 Å². The molecule has 2 aliphatic heterocycles. The largest absolute Gasteiger partial charge is 0.338 e. The van der Waals surface area contributed by atoms with E-state index >= 15 is 0 Å². The van der Waals surface area contributed by atoms with Gasteiger partial charge in [-0.1, -0.05) is 28.1 Å². The first-order chi connectivity index (χ1) is 9.70. The monoisotopic (exact) mass is 336 g/mol. The van der Waals surface area contributed by atoms with Crippen molar-refractivity contribution in [2.45, 2.75) is 32.2 Å². The Morgan fingerprint density at radius 2 is 2.15 bits per heavy atom. The Balaban J connectivity index is 1.75. The van der Waals surface area contributed by atoms with Gasteiger partial charge >= 0.3 is 0 Å². The molecule has 1 N–H and O–H groups in total. The van der Waals surface area contributed by atoms with Crippen molar-refractivity contribution in [3.05, 3.63) is 34.3 Å². The van der Waals surface area contributed by atoms with Crippen LogP contribution in [-0.2, 0) is 11.3 Å². The Morgan fingerprint density at radius 3 is 2.90 bits per heavy atom. The summed E-state index contributed by atoms with van der Waals surface area (Å²) in [6, 6.07) is 8.26. The van der Waals surface area contributed by atoms with Gasteiger partial charge in [0.15, 0.2) is 0 Å². The third-order valence-electron chi connectivity index (χ3n) is 4.56. The zero-order valence-corrected chi connectivity index (χ0v) is 13.3. The van der Waals surface area contributed by atoms with E-state index in [9.17, 15) is 4.79 Å². The van der Waals surface area contributed by atoms with Gasteiger partial charge in [0.05, 0.1) is 5.41 Å². The summed E-state index contributed by atoms with van der Waals surface area (Å²) in [5.41, 5.74) is 1.08. The molecule has 0 bridgehead atoms. The molecule has 2 fully saturated rings. The van der Waals surface area contributed by atoms with Gasteiger partial charge in [0.2, 0.25) is 5.91 Å². The van der Waals surface area contributed by atoms with E-state index in [-0.39, 0.29) is 5.41 Å². The Bertz CT molecular complexity index is 491. The third-order valence-corrected chi connectivity index (χ3v) is 5.05. The average molecular weight is 337 g/mol. The van der Waals surface area contributed by atoms with E-state index in [4.69, 9.17) is 0 Å². The molecular formula is C16H21BrN2O. The third kappa shape index (κ3) is 2.77. The molecule has 0 aliphatic carbocycles. The highest BCUT2D eigenvalue weighted by molar-refractivity contribution is 9.10. The summed E-state index contributed by atoms with van der Waals surface area (Å²) in [4.78, 5) is 14.9. The maximum Gasteiger partial charge on any atom is 0.230 e. The van der Waals surface area contributed by atoms with Gasteiger partial charge in [-0.2, -0.15) is 0 Å². The second-order valence-corrected chi connectivity index (χ2v) is 6.94. The molecule has 2 aliphatic rings. The van der Waals surface area contributed by atoms with Gasteiger partial charge in [0.25, 0.3) is 0 Å². The van der Waals surface area contributed by atoms with Crippen molar-refractivity contribution in [1.82, 2.24) is 10.2 Å². The number of benzene rings is 1. The smallest absolute Gasteiger partial charge is 0.230 e. The summed E-state index contributed by atoms with van der Waals surface area (Å²) in [7, 11) is 0. The van der Waals surface area contributed by atoms with Crippen molar-refractivity contribution in [1.29, 1.82) is 0 Å². The topological polar surface area (TPSA) is 32.3 Å². The van der Waals surface area contributed by atoms with Crippen molar-refractivity contribution < 1.29 is 4.79 Å². The quantitative estimate of drug-likeness (QED) is 0.900. The predicted octanol–water partition coefficient (Wildman–Crippen LogP) is 2.94. The molecule has 1 aromatic rings. The number of rotatable bonds is 2. The van der Waals surface area contributed by atoms with Crippen LogP contribution >= 0.6 is 15.9 Å². The van der Waals surface area contributed by atoms with E-state index in [1.54, 1.807) is 0 Å². The van der Waals surface area contributed by atoms with Crippen molar-refractivity contribution >= 4 is 21.8 Å². The van der Waals surface area contributed by atoms with Gasteiger partial charge in [-0.05, 0) is 49.9 Å². The molecule has 2 heterocycles. The van der Waals surface area contributed by atoms with Crippen molar-refractivity contribution in [2.75, 3.05) is 19.6 Å². The molecule has 1 amide bonds. The Labute approximate surface area is 128 Å². The number of amides is 1. The van der Waals surface area contributed by atoms with Crippen LogP contribution in [-0.4, -0.2) is 30.4 Å². The SMILES string of the molecule is O=C1N(Cc2cccc(Br)c2)CCCC12CCCNC2. The first kappa shape index (κ1) is 14.1. The molecular weight excluding hydrogens is 316 g/mol. The summed E-state index contributed by atoms with van der Waals surface area (Å²) >= 11 is 3.50. The van der Waals surface area contributed by atoms with Crippen LogP contribution in [0.3, 0.4) is 0 Å². The molecule has 1 unspecified atom stereocenters. The second-order valence-electron chi connectivity index (χ2n) is 6.02. The molecule has 1 aromatic carbocycles. The van der Waals surface area contributed by atoms with E-state index in [0.29, 0.717) is 5.91 Å². The Morgan fingerprint density at radius 1 is 1.30 bits per heavy atom. The standard InChI is InChI=1S/C16H21BrN2O/c17-14-5-1-4-13(10-14)11-19-9-3-7-16(15(19)20)6-2-8-18-12-16/h1,4-5,10,18H,2-3,6-9,11-12H2. The normalized spacial score (nSPS) is 27.1. The number of carbonyl (C=O) groups excluding carboxylic acids is 1. The van der Waals surface area contributed by atoms with Crippen LogP contribution in [0, 0.1) is 5.41 Å². The maximum absolute atomic E-state index is 12.9. The number of likely N-dealkylation sites (tertiary alicyclic amines) is 1. The lowest BCUT2D eigenvalue weighted by Gasteiger charge is -2.44. The number of piperidine rings is 2. The van der Waals surface area contributed by atoms with E-state index in [1.807, 2.05) is 12.1 Å². The number of hydrogen-bond donors (Lipinski definition) is 1. The van der Waals surface area contributed by atoms with Crippen LogP contribution in [0.2, 0.25) is 0 Å². The molecule has 0 aromatic heterocycles. The van der Waals surface area contributed by atoms with Crippen molar-refractivity contribution in [2.24, 2.45) is 5.41 Å². The summed E-state index contributed by atoms with van der Waals surface area (Å²) in [6.07, 6.45) is 4.35. The fourth-order valence-corrected chi connectivity index (χ4v) is 3.97. The van der Waals surface area contributed by atoms with Gasteiger partial charge in [0.1, 0.15) is 0 Å². The minimum atomic E-state index is -0.123. The fourth-order valence-electron chi connectivity index (χ4n) is 3.52. The van der Waals surface area contributed by atoms with E-state index in [2.05, 4.69) is 38.3 Å². The number of hydrogen-bond acceptors (Lipinski definition) is 2. The molecule has 1 spiro atoms. The maximum atomic E-state index is 12.9. The molecule has 3 nitrogen and oxygen atoms in total. The Hall–Kier alpha value is -0.870. The zero-order chi connectivity index (χ0) is 14.0. The average Bonchev–Trinajstić information content (AvgIpc) is 2.45. The molecule has 0 radical (unpaired) electrons. The highest BCUT2D eigenvalue weighted by atomic mass is 79.9. The molecule has 4 heteroatoms. The summed E-state index contributed by atoms with van der Waals surface area (Å²) in [5.74, 6) is 0.357. The highest BCUT2D eigenvalue weighted by Crippen LogP contribution is 2.37. The lowest BCUT2D eigenvalue weighted by molar-refractivity contribution is -0.148. The summed E-state index contributed by atoms with van der Waals surface area (Å²) < 4.78 is 1.08. The van der Waals surface area contributed by atoms with Gasteiger partial charge in [-0.3, -0.25) is 4.79 Å². The number of nitrogens with zero attached hydrogens (tertiary/aromatic N) is 1. The van der Waals surface area contributed by atoms with E-state index in [0.717, 1.165) is 56.3 Å². The lowest BCUT2D eigenvalue weighted by atomic mass is 9.73. The number of halogens is 1. The minimum Gasteiger partial charge on any atom is -0.338 e.